The van der Waals surface area contributed by atoms with Gasteiger partial charge in [-0.3, -0.25) is 4.79 Å². The molecular weight excluding hydrogens is 394 g/mol. The molecule has 0 spiro atoms. The number of fused-ring (bicyclic) bond motifs is 1. The molecule has 3 aromatic carbocycles. The van der Waals surface area contributed by atoms with Crippen LogP contribution in [0.3, 0.4) is 0 Å². The van der Waals surface area contributed by atoms with Gasteiger partial charge in [-0.1, -0.05) is 65.9 Å². The van der Waals surface area contributed by atoms with Gasteiger partial charge in [0.25, 0.3) is 0 Å². The predicted octanol–water partition coefficient (Wildman–Crippen LogP) is 4.58. The average molecular weight is 418 g/mol. The van der Waals surface area contributed by atoms with Gasteiger partial charge in [-0.25, -0.2) is 0 Å². The minimum atomic E-state index is 0.0223. The molecule has 1 heterocycles. The molecule has 0 unspecified atom stereocenters. The Labute approximate surface area is 179 Å². The van der Waals surface area contributed by atoms with Crippen LogP contribution in [0.15, 0.2) is 65.8 Å². The van der Waals surface area contributed by atoms with Crippen LogP contribution >= 0.6 is 11.8 Å². The summed E-state index contributed by atoms with van der Waals surface area (Å²) in [5.41, 5.74) is 4.11. The van der Waals surface area contributed by atoms with Gasteiger partial charge in [-0.15, -0.1) is 5.10 Å². The molecule has 0 atom stereocenters. The first-order valence-corrected chi connectivity index (χ1v) is 10.8. The SMILES string of the molecule is CCN(C(=O)CSc1nnnn1-c1ccc(C)cc1C)c1cccc2ccccc12. The fraction of sp³-hybridized carbons (Fsp3) is 0.217. The maximum atomic E-state index is 13.1. The third-order valence-corrected chi connectivity index (χ3v) is 5.92. The minimum Gasteiger partial charge on any atom is -0.311 e. The summed E-state index contributed by atoms with van der Waals surface area (Å²) >= 11 is 1.35. The Kier molecular flexibility index (Phi) is 5.81. The number of hydrogen-bond acceptors (Lipinski definition) is 5. The Morgan fingerprint density at radius 1 is 1.07 bits per heavy atom. The summed E-state index contributed by atoms with van der Waals surface area (Å²) in [6.07, 6.45) is 0. The van der Waals surface area contributed by atoms with Crippen LogP contribution in [0.2, 0.25) is 0 Å². The lowest BCUT2D eigenvalue weighted by atomic mass is 10.1. The molecule has 0 saturated heterocycles. The van der Waals surface area contributed by atoms with Crippen molar-refractivity contribution in [2.45, 2.75) is 25.9 Å². The summed E-state index contributed by atoms with van der Waals surface area (Å²) in [5.74, 6) is 0.275. The number of anilines is 1. The Morgan fingerprint density at radius 2 is 1.87 bits per heavy atom. The molecule has 6 nitrogen and oxygen atoms in total. The van der Waals surface area contributed by atoms with E-state index in [1.165, 1.54) is 17.3 Å². The van der Waals surface area contributed by atoms with Crippen molar-refractivity contribution in [3.8, 4) is 5.69 Å². The Morgan fingerprint density at radius 3 is 2.67 bits per heavy atom. The zero-order chi connectivity index (χ0) is 21.1. The van der Waals surface area contributed by atoms with Gasteiger partial charge in [0, 0.05) is 11.9 Å². The summed E-state index contributed by atoms with van der Waals surface area (Å²) in [6, 6.07) is 20.3. The number of rotatable bonds is 6. The van der Waals surface area contributed by atoms with Crippen molar-refractivity contribution in [2.75, 3.05) is 17.2 Å². The number of benzene rings is 3. The van der Waals surface area contributed by atoms with E-state index in [1.54, 1.807) is 4.68 Å². The Hall–Kier alpha value is -3.19. The number of thioether (sulfide) groups is 1. The van der Waals surface area contributed by atoms with E-state index in [9.17, 15) is 4.79 Å². The van der Waals surface area contributed by atoms with Gasteiger partial charge in [-0.05, 0) is 54.3 Å². The van der Waals surface area contributed by atoms with E-state index in [1.807, 2.05) is 55.1 Å². The molecule has 4 rings (SSSR count). The molecule has 1 amide bonds. The van der Waals surface area contributed by atoms with Crippen molar-refractivity contribution in [3.05, 3.63) is 71.8 Å². The van der Waals surface area contributed by atoms with E-state index in [2.05, 4.69) is 46.7 Å². The zero-order valence-corrected chi connectivity index (χ0v) is 18.1. The summed E-state index contributed by atoms with van der Waals surface area (Å²) < 4.78 is 1.70. The minimum absolute atomic E-state index is 0.0223. The molecule has 4 aromatic rings. The highest BCUT2D eigenvalue weighted by Crippen LogP contribution is 2.28. The first-order valence-electron chi connectivity index (χ1n) is 9.85. The Bertz CT molecular complexity index is 1200. The zero-order valence-electron chi connectivity index (χ0n) is 17.2. The van der Waals surface area contributed by atoms with E-state index in [4.69, 9.17) is 0 Å². The molecule has 0 bridgehead atoms. The maximum absolute atomic E-state index is 13.1. The third-order valence-electron chi connectivity index (χ3n) is 5.02. The second kappa shape index (κ2) is 8.67. The molecule has 152 valence electrons. The smallest absolute Gasteiger partial charge is 0.237 e. The summed E-state index contributed by atoms with van der Waals surface area (Å²) in [4.78, 5) is 14.9. The van der Waals surface area contributed by atoms with Crippen LogP contribution in [0.5, 0.6) is 0 Å². The van der Waals surface area contributed by atoms with Crippen molar-refractivity contribution in [2.24, 2.45) is 0 Å². The summed E-state index contributed by atoms with van der Waals surface area (Å²) in [6.45, 7) is 6.67. The van der Waals surface area contributed by atoms with Gasteiger partial charge in [0.2, 0.25) is 11.1 Å². The lowest BCUT2D eigenvalue weighted by molar-refractivity contribution is -0.116. The van der Waals surface area contributed by atoms with Crippen LogP contribution in [0, 0.1) is 13.8 Å². The van der Waals surface area contributed by atoms with E-state index < -0.39 is 0 Å². The largest absolute Gasteiger partial charge is 0.311 e. The fourth-order valence-electron chi connectivity index (χ4n) is 3.59. The van der Waals surface area contributed by atoms with Crippen molar-refractivity contribution < 1.29 is 4.79 Å². The molecule has 0 fully saturated rings. The number of hydrogen-bond donors (Lipinski definition) is 0. The second-order valence-electron chi connectivity index (χ2n) is 7.09. The molecule has 0 aliphatic heterocycles. The monoisotopic (exact) mass is 417 g/mol. The number of aryl methyl sites for hydroxylation is 2. The van der Waals surface area contributed by atoms with Gasteiger partial charge in [0.15, 0.2) is 0 Å². The number of nitrogens with zero attached hydrogens (tertiary/aromatic N) is 5. The van der Waals surface area contributed by atoms with Crippen LogP contribution in [0.1, 0.15) is 18.1 Å². The van der Waals surface area contributed by atoms with E-state index in [0.29, 0.717) is 11.7 Å². The number of amides is 1. The molecular formula is C23H23N5OS. The van der Waals surface area contributed by atoms with Crippen molar-refractivity contribution in [3.63, 3.8) is 0 Å². The van der Waals surface area contributed by atoms with Gasteiger partial charge in [0.1, 0.15) is 0 Å². The van der Waals surface area contributed by atoms with Crippen molar-refractivity contribution in [1.29, 1.82) is 0 Å². The van der Waals surface area contributed by atoms with Crippen LogP contribution in [-0.2, 0) is 4.79 Å². The van der Waals surface area contributed by atoms with Gasteiger partial charge < -0.3 is 4.90 Å². The topological polar surface area (TPSA) is 63.9 Å². The molecule has 1 aromatic heterocycles. The Balaban J connectivity index is 1.56. The first kappa shape index (κ1) is 20.1. The van der Waals surface area contributed by atoms with Crippen LogP contribution in [0.25, 0.3) is 16.5 Å². The normalized spacial score (nSPS) is 11.0. The van der Waals surface area contributed by atoms with E-state index in [-0.39, 0.29) is 11.7 Å². The van der Waals surface area contributed by atoms with Crippen LogP contribution < -0.4 is 4.90 Å². The first-order chi connectivity index (χ1) is 14.6. The summed E-state index contributed by atoms with van der Waals surface area (Å²) in [7, 11) is 0. The molecule has 0 aliphatic rings. The molecule has 30 heavy (non-hydrogen) atoms. The maximum Gasteiger partial charge on any atom is 0.237 e. The average Bonchev–Trinajstić information content (AvgIpc) is 3.21. The highest BCUT2D eigenvalue weighted by atomic mass is 32.2. The van der Waals surface area contributed by atoms with E-state index in [0.717, 1.165) is 27.7 Å². The number of aromatic nitrogens is 4. The van der Waals surface area contributed by atoms with Gasteiger partial charge in [-0.2, -0.15) is 4.68 Å². The van der Waals surface area contributed by atoms with Gasteiger partial charge in [0.05, 0.1) is 17.1 Å². The quantitative estimate of drug-likeness (QED) is 0.430. The fourth-order valence-corrected chi connectivity index (χ4v) is 4.35. The number of carbonyl (C=O) groups excluding carboxylic acids is 1. The highest BCUT2D eigenvalue weighted by molar-refractivity contribution is 7.99. The van der Waals surface area contributed by atoms with Gasteiger partial charge >= 0.3 is 0 Å². The molecule has 0 radical (unpaired) electrons. The molecule has 7 heteroatoms. The standard InChI is InChI=1S/C23H23N5OS/c1-4-27(21-11-7-9-18-8-5-6-10-19(18)21)22(29)15-30-23-24-25-26-28(23)20-13-12-16(2)14-17(20)3/h5-14H,4,15H2,1-3H3. The second-order valence-corrected chi connectivity index (χ2v) is 8.03. The predicted molar refractivity (Wildman–Crippen MR) is 121 cm³/mol. The van der Waals surface area contributed by atoms with Crippen molar-refractivity contribution in [1.82, 2.24) is 20.2 Å². The summed E-state index contributed by atoms with van der Waals surface area (Å²) in [5, 5.41) is 14.9. The third kappa shape index (κ3) is 3.93. The van der Waals surface area contributed by atoms with Crippen LogP contribution in [-0.4, -0.2) is 38.4 Å². The molecule has 0 N–H and O–H groups in total. The number of carbonyl (C=O) groups is 1. The molecule has 0 saturated carbocycles. The molecule has 0 aliphatic carbocycles. The van der Waals surface area contributed by atoms with Crippen molar-refractivity contribution >= 4 is 34.1 Å². The lowest BCUT2D eigenvalue weighted by Gasteiger charge is -2.22. The van der Waals surface area contributed by atoms with E-state index >= 15 is 0 Å². The number of tetrazole rings is 1. The van der Waals surface area contributed by atoms with Crippen LogP contribution in [0.4, 0.5) is 5.69 Å². The lowest BCUT2D eigenvalue weighted by Crippen LogP contribution is -2.32. The highest BCUT2D eigenvalue weighted by Gasteiger charge is 2.19.